The Kier molecular flexibility index (Phi) is 5.44. The zero-order valence-corrected chi connectivity index (χ0v) is 11.6. The third-order valence-corrected chi connectivity index (χ3v) is 3.62. The third-order valence-electron chi connectivity index (χ3n) is 3.62. The molecule has 1 N–H and O–H groups in total. The van der Waals surface area contributed by atoms with Gasteiger partial charge in [-0.25, -0.2) is 4.79 Å². The molecule has 5 heteroatoms. The predicted molar refractivity (Wildman–Crippen MR) is 69.5 cm³/mol. The van der Waals surface area contributed by atoms with E-state index in [-0.39, 0.29) is 18.6 Å². The van der Waals surface area contributed by atoms with Crippen LogP contribution in [0.3, 0.4) is 0 Å². The summed E-state index contributed by atoms with van der Waals surface area (Å²) in [5.74, 6) is -1.37. The number of aliphatic carboxylic acids is 1. The number of rotatable bonds is 4. The Morgan fingerprint density at radius 3 is 2.61 bits per heavy atom. The molecule has 1 heterocycles. The van der Waals surface area contributed by atoms with E-state index in [2.05, 4.69) is 6.92 Å². The first kappa shape index (κ1) is 14.8. The second-order valence-electron chi connectivity index (χ2n) is 5.10. The first-order valence-corrected chi connectivity index (χ1v) is 6.75. The number of hydrogen-bond donors (Lipinski definition) is 1. The van der Waals surface area contributed by atoms with E-state index in [9.17, 15) is 9.59 Å². The van der Waals surface area contributed by atoms with Crippen LogP contribution < -0.4 is 0 Å². The van der Waals surface area contributed by atoms with Gasteiger partial charge in [0.1, 0.15) is 0 Å². The van der Waals surface area contributed by atoms with E-state index in [0.29, 0.717) is 6.54 Å². The molecule has 0 radical (unpaired) electrons. The summed E-state index contributed by atoms with van der Waals surface area (Å²) >= 11 is 0. The SMILES string of the molecule is CCN(CC(C)C(=O)O)C(=O)N1CCCCC1C. The lowest BCUT2D eigenvalue weighted by atomic mass is 10.0. The number of carboxylic acid groups (broad SMARTS) is 1. The average molecular weight is 256 g/mol. The van der Waals surface area contributed by atoms with Gasteiger partial charge in [-0.15, -0.1) is 0 Å². The lowest BCUT2D eigenvalue weighted by Gasteiger charge is -2.37. The Morgan fingerprint density at radius 2 is 2.11 bits per heavy atom. The Morgan fingerprint density at radius 1 is 1.44 bits per heavy atom. The van der Waals surface area contributed by atoms with Crippen molar-refractivity contribution in [3.8, 4) is 0 Å². The molecule has 0 aromatic heterocycles. The van der Waals surface area contributed by atoms with E-state index in [0.717, 1.165) is 19.4 Å². The third kappa shape index (κ3) is 3.62. The second-order valence-corrected chi connectivity index (χ2v) is 5.10. The first-order chi connectivity index (χ1) is 8.47. The van der Waals surface area contributed by atoms with Crippen LogP contribution in [0.4, 0.5) is 4.79 Å². The molecule has 1 aliphatic heterocycles. The zero-order chi connectivity index (χ0) is 13.7. The van der Waals surface area contributed by atoms with Crippen molar-refractivity contribution in [1.82, 2.24) is 9.80 Å². The number of piperidine rings is 1. The highest BCUT2D eigenvalue weighted by molar-refractivity contribution is 5.76. The van der Waals surface area contributed by atoms with E-state index in [1.165, 1.54) is 6.42 Å². The summed E-state index contributed by atoms with van der Waals surface area (Å²) in [7, 11) is 0. The minimum Gasteiger partial charge on any atom is -0.481 e. The van der Waals surface area contributed by atoms with Crippen LogP contribution in [0.5, 0.6) is 0 Å². The van der Waals surface area contributed by atoms with E-state index >= 15 is 0 Å². The van der Waals surface area contributed by atoms with E-state index in [1.54, 1.807) is 11.8 Å². The van der Waals surface area contributed by atoms with Crippen LogP contribution in [0.25, 0.3) is 0 Å². The molecule has 2 amide bonds. The highest BCUT2D eigenvalue weighted by atomic mass is 16.4. The smallest absolute Gasteiger partial charge is 0.320 e. The average Bonchev–Trinajstić information content (AvgIpc) is 2.35. The maximum Gasteiger partial charge on any atom is 0.320 e. The number of carboxylic acids is 1. The molecule has 1 fully saturated rings. The van der Waals surface area contributed by atoms with Gasteiger partial charge in [0.05, 0.1) is 5.92 Å². The van der Waals surface area contributed by atoms with Crippen molar-refractivity contribution in [2.45, 2.75) is 46.1 Å². The largest absolute Gasteiger partial charge is 0.481 e. The van der Waals surface area contributed by atoms with Crippen molar-refractivity contribution in [3.63, 3.8) is 0 Å². The molecule has 18 heavy (non-hydrogen) atoms. The van der Waals surface area contributed by atoms with Crippen LogP contribution in [-0.2, 0) is 4.79 Å². The monoisotopic (exact) mass is 256 g/mol. The molecule has 0 saturated carbocycles. The number of hydrogen-bond acceptors (Lipinski definition) is 2. The van der Waals surface area contributed by atoms with Crippen molar-refractivity contribution in [3.05, 3.63) is 0 Å². The molecule has 1 saturated heterocycles. The predicted octanol–water partition coefficient (Wildman–Crippen LogP) is 2.02. The van der Waals surface area contributed by atoms with Crippen molar-refractivity contribution in [1.29, 1.82) is 0 Å². The summed E-state index contributed by atoms with van der Waals surface area (Å²) in [6.07, 6.45) is 3.25. The molecular weight excluding hydrogens is 232 g/mol. The number of carbonyl (C=O) groups excluding carboxylic acids is 1. The molecule has 1 rings (SSSR count). The topological polar surface area (TPSA) is 60.9 Å². The molecule has 0 aromatic rings. The highest BCUT2D eigenvalue weighted by Crippen LogP contribution is 2.18. The van der Waals surface area contributed by atoms with E-state index in [1.807, 2.05) is 11.8 Å². The van der Waals surface area contributed by atoms with Crippen LogP contribution in [0, 0.1) is 5.92 Å². The Bertz CT molecular complexity index is 307. The molecule has 2 unspecified atom stereocenters. The van der Waals surface area contributed by atoms with Crippen LogP contribution in [0.15, 0.2) is 0 Å². The maximum absolute atomic E-state index is 12.4. The molecule has 0 aliphatic carbocycles. The fourth-order valence-electron chi connectivity index (χ4n) is 2.32. The Balaban J connectivity index is 2.63. The minimum absolute atomic E-state index is 0.0159. The van der Waals surface area contributed by atoms with E-state index < -0.39 is 11.9 Å². The van der Waals surface area contributed by atoms with Gasteiger partial charge in [0.2, 0.25) is 0 Å². The van der Waals surface area contributed by atoms with Crippen molar-refractivity contribution in [2.75, 3.05) is 19.6 Å². The standard InChI is InChI=1S/C13H24N2O3/c1-4-14(9-10(2)12(16)17)13(18)15-8-6-5-7-11(15)3/h10-11H,4-9H2,1-3H3,(H,16,17). The molecule has 5 nitrogen and oxygen atoms in total. The Hall–Kier alpha value is -1.26. The van der Waals surface area contributed by atoms with Gasteiger partial charge >= 0.3 is 12.0 Å². The second kappa shape index (κ2) is 6.61. The van der Waals surface area contributed by atoms with Gasteiger partial charge in [-0.2, -0.15) is 0 Å². The summed E-state index contributed by atoms with van der Waals surface area (Å²) in [6.45, 7) is 7.22. The number of likely N-dealkylation sites (tertiary alicyclic amines) is 1. The number of urea groups is 1. The molecular formula is C13H24N2O3. The van der Waals surface area contributed by atoms with E-state index in [4.69, 9.17) is 5.11 Å². The van der Waals surface area contributed by atoms with Crippen molar-refractivity contribution in [2.24, 2.45) is 5.92 Å². The molecule has 1 aliphatic rings. The van der Waals surface area contributed by atoms with Crippen LogP contribution in [-0.4, -0.2) is 52.6 Å². The Labute approximate surface area is 109 Å². The van der Waals surface area contributed by atoms with Gasteiger partial charge in [0.25, 0.3) is 0 Å². The molecule has 2 atom stereocenters. The summed E-state index contributed by atoms with van der Waals surface area (Å²) in [5, 5.41) is 8.92. The molecule has 0 aromatic carbocycles. The van der Waals surface area contributed by atoms with Crippen molar-refractivity contribution < 1.29 is 14.7 Å². The van der Waals surface area contributed by atoms with Gasteiger partial charge in [-0.3, -0.25) is 4.79 Å². The number of amides is 2. The number of nitrogens with zero attached hydrogens (tertiary/aromatic N) is 2. The van der Waals surface area contributed by atoms with Crippen LogP contribution in [0.1, 0.15) is 40.0 Å². The first-order valence-electron chi connectivity index (χ1n) is 6.75. The minimum atomic E-state index is -0.854. The van der Waals surface area contributed by atoms with Crippen molar-refractivity contribution >= 4 is 12.0 Å². The zero-order valence-electron chi connectivity index (χ0n) is 11.6. The van der Waals surface area contributed by atoms with Crippen LogP contribution in [0.2, 0.25) is 0 Å². The van der Waals surface area contributed by atoms with Crippen LogP contribution >= 0.6 is 0 Å². The van der Waals surface area contributed by atoms with Gasteiger partial charge in [-0.05, 0) is 33.1 Å². The molecule has 104 valence electrons. The summed E-state index contributed by atoms with van der Waals surface area (Å²) in [4.78, 5) is 26.7. The lowest BCUT2D eigenvalue weighted by Crippen LogP contribution is -2.50. The quantitative estimate of drug-likeness (QED) is 0.837. The maximum atomic E-state index is 12.4. The molecule has 0 spiro atoms. The highest BCUT2D eigenvalue weighted by Gasteiger charge is 2.28. The number of carbonyl (C=O) groups is 2. The van der Waals surface area contributed by atoms with Gasteiger partial charge in [0, 0.05) is 25.7 Å². The lowest BCUT2D eigenvalue weighted by molar-refractivity contribution is -0.141. The summed E-state index contributed by atoms with van der Waals surface area (Å²) < 4.78 is 0. The fraction of sp³-hybridized carbons (Fsp3) is 0.846. The van der Waals surface area contributed by atoms with Gasteiger partial charge in [0.15, 0.2) is 0 Å². The molecule has 0 bridgehead atoms. The normalized spacial score (nSPS) is 21.5. The summed E-state index contributed by atoms with van der Waals surface area (Å²) in [6, 6.07) is 0.248. The van der Waals surface area contributed by atoms with Gasteiger partial charge < -0.3 is 14.9 Å². The summed E-state index contributed by atoms with van der Waals surface area (Å²) in [5.41, 5.74) is 0. The fourth-order valence-corrected chi connectivity index (χ4v) is 2.32. The van der Waals surface area contributed by atoms with Gasteiger partial charge in [-0.1, -0.05) is 6.92 Å².